The maximum absolute atomic E-state index is 11.2. The van der Waals surface area contributed by atoms with Gasteiger partial charge in [-0.3, -0.25) is 14.7 Å². The van der Waals surface area contributed by atoms with E-state index in [1.54, 1.807) is 0 Å². The number of nitrogens with one attached hydrogen (secondary N) is 1. The molecule has 2 aromatic rings. The van der Waals surface area contributed by atoms with Crippen molar-refractivity contribution < 1.29 is 9.90 Å². The van der Waals surface area contributed by atoms with Crippen LogP contribution in [0, 0.1) is 19.8 Å². The highest BCUT2D eigenvalue weighted by Crippen LogP contribution is 2.36. The Morgan fingerprint density at radius 3 is 2.73 bits per heavy atom. The summed E-state index contributed by atoms with van der Waals surface area (Å²) in [5.41, 5.74) is 4.58. The highest BCUT2D eigenvalue weighted by Gasteiger charge is 2.37. The predicted molar refractivity (Wildman–Crippen MR) is 104 cm³/mol. The number of aromatic nitrogens is 1. The summed E-state index contributed by atoms with van der Waals surface area (Å²) in [6.07, 6.45) is 6.47. The number of nitrogens with zero attached hydrogens (tertiary/aromatic N) is 2. The van der Waals surface area contributed by atoms with Gasteiger partial charge in [0, 0.05) is 35.9 Å². The molecule has 0 unspecified atom stereocenters. The van der Waals surface area contributed by atoms with Gasteiger partial charge in [0.05, 0.1) is 12.1 Å². The van der Waals surface area contributed by atoms with Gasteiger partial charge in [0.2, 0.25) is 0 Å². The van der Waals surface area contributed by atoms with Crippen LogP contribution in [0.1, 0.15) is 36.8 Å². The monoisotopic (exact) mass is 353 g/mol. The van der Waals surface area contributed by atoms with E-state index in [-0.39, 0.29) is 6.54 Å². The van der Waals surface area contributed by atoms with E-state index in [0.717, 1.165) is 36.4 Å². The number of carbonyl (C=O) groups is 1. The molecule has 2 aliphatic carbocycles. The number of carboxylic acid groups (broad SMARTS) is 1. The van der Waals surface area contributed by atoms with Crippen LogP contribution in [0.4, 0.5) is 5.69 Å². The molecule has 138 valence electrons. The molecule has 5 heteroatoms. The number of rotatable bonds is 7. The number of hydrogen-bond acceptors (Lipinski definition) is 4. The lowest BCUT2D eigenvalue weighted by Crippen LogP contribution is -2.52. The number of hydrogen-bond donors (Lipinski definition) is 2. The fourth-order valence-corrected chi connectivity index (χ4v) is 4.02. The van der Waals surface area contributed by atoms with Gasteiger partial charge in [0.1, 0.15) is 0 Å². The quantitative estimate of drug-likeness (QED) is 0.796. The van der Waals surface area contributed by atoms with Gasteiger partial charge in [-0.15, -0.1) is 0 Å². The van der Waals surface area contributed by atoms with Gasteiger partial charge >= 0.3 is 5.97 Å². The van der Waals surface area contributed by atoms with Gasteiger partial charge in [-0.1, -0.05) is 18.2 Å². The smallest absolute Gasteiger partial charge is 0.317 e. The minimum absolute atomic E-state index is 0.171. The zero-order chi connectivity index (χ0) is 18.3. The molecule has 5 nitrogen and oxygen atoms in total. The summed E-state index contributed by atoms with van der Waals surface area (Å²) in [6, 6.07) is 7.09. The standard InChI is InChI=1S/C21H27N3O2/c1-13-4-3-5-18-20(13)22-10-14(2)21(18)23-16-8-17(9-16)24(12-19(25)26)11-15-6-7-15/h3-5,10,15-17H,6-9,11-12H2,1-2H3,(H,22,23)(H,25,26). The summed E-state index contributed by atoms with van der Waals surface area (Å²) in [5.74, 6) is 0.00391. The van der Waals surface area contributed by atoms with Crippen molar-refractivity contribution in [1.82, 2.24) is 9.88 Å². The number of carboxylic acids is 1. The Morgan fingerprint density at radius 2 is 2.04 bits per heavy atom. The van der Waals surface area contributed by atoms with Crippen LogP contribution in [0.3, 0.4) is 0 Å². The van der Waals surface area contributed by atoms with Gasteiger partial charge in [-0.05, 0) is 56.6 Å². The first-order valence-corrected chi connectivity index (χ1v) is 9.58. The third-order valence-electron chi connectivity index (χ3n) is 5.79. The Morgan fingerprint density at radius 1 is 1.27 bits per heavy atom. The van der Waals surface area contributed by atoms with E-state index in [2.05, 4.69) is 47.2 Å². The number of anilines is 1. The Labute approximate surface area is 154 Å². The molecule has 1 heterocycles. The van der Waals surface area contributed by atoms with Crippen LogP contribution >= 0.6 is 0 Å². The zero-order valence-electron chi connectivity index (χ0n) is 15.5. The highest BCUT2D eigenvalue weighted by atomic mass is 16.4. The van der Waals surface area contributed by atoms with Crippen LogP contribution in [0.5, 0.6) is 0 Å². The van der Waals surface area contributed by atoms with Crippen molar-refractivity contribution in [3.63, 3.8) is 0 Å². The van der Waals surface area contributed by atoms with Crippen LogP contribution in [0.2, 0.25) is 0 Å². The van der Waals surface area contributed by atoms with Gasteiger partial charge in [0.25, 0.3) is 0 Å². The van der Waals surface area contributed by atoms with E-state index < -0.39 is 5.97 Å². The summed E-state index contributed by atoms with van der Waals surface area (Å²) in [4.78, 5) is 18.0. The van der Waals surface area contributed by atoms with Crippen molar-refractivity contribution in [3.8, 4) is 0 Å². The molecule has 0 amide bonds. The molecule has 1 aromatic heterocycles. The van der Waals surface area contributed by atoms with Crippen LogP contribution in [0.25, 0.3) is 10.9 Å². The molecule has 2 fully saturated rings. The molecule has 1 aromatic carbocycles. The van der Waals surface area contributed by atoms with Gasteiger partial charge in [-0.2, -0.15) is 0 Å². The Hall–Kier alpha value is -2.14. The number of para-hydroxylation sites is 1. The van der Waals surface area contributed by atoms with E-state index >= 15 is 0 Å². The summed E-state index contributed by atoms with van der Waals surface area (Å²) in [6.45, 7) is 5.30. The molecule has 4 rings (SSSR count). The fourth-order valence-electron chi connectivity index (χ4n) is 4.02. The van der Waals surface area contributed by atoms with Gasteiger partial charge in [0.15, 0.2) is 0 Å². The summed E-state index contributed by atoms with van der Waals surface area (Å²) >= 11 is 0. The molecular weight excluding hydrogens is 326 g/mol. The van der Waals surface area contributed by atoms with Crippen LogP contribution < -0.4 is 5.32 Å². The maximum Gasteiger partial charge on any atom is 0.317 e. The van der Waals surface area contributed by atoms with Gasteiger partial charge in [-0.25, -0.2) is 0 Å². The average molecular weight is 353 g/mol. The van der Waals surface area contributed by atoms with E-state index in [1.165, 1.54) is 29.5 Å². The van der Waals surface area contributed by atoms with Crippen molar-refractivity contribution in [2.24, 2.45) is 5.92 Å². The Kier molecular flexibility index (Phi) is 4.57. The summed E-state index contributed by atoms with van der Waals surface area (Å²) in [7, 11) is 0. The molecule has 0 aliphatic heterocycles. The number of fused-ring (bicyclic) bond motifs is 1. The molecule has 0 atom stereocenters. The number of aryl methyl sites for hydroxylation is 2. The topological polar surface area (TPSA) is 65.5 Å². The van der Waals surface area contributed by atoms with Crippen LogP contribution in [-0.4, -0.2) is 46.1 Å². The summed E-state index contributed by atoms with van der Waals surface area (Å²) in [5, 5.41) is 14.1. The second kappa shape index (κ2) is 6.88. The third-order valence-corrected chi connectivity index (χ3v) is 5.79. The largest absolute Gasteiger partial charge is 0.480 e. The minimum Gasteiger partial charge on any atom is -0.480 e. The van der Waals surface area contributed by atoms with E-state index in [9.17, 15) is 9.90 Å². The second-order valence-corrected chi connectivity index (χ2v) is 8.02. The van der Waals surface area contributed by atoms with Crippen molar-refractivity contribution in [1.29, 1.82) is 0 Å². The molecular formula is C21H27N3O2. The molecule has 0 saturated heterocycles. The molecule has 0 spiro atoms. The maximum atomic E-state index is 11.2. The van der Waals surface area contributed by atoms with Crippen molar-refractivity contribution in [2.45, 2.75) is 51.6 Å². The molecule has 2 N–H and O–H groups in total. The minimum atomic E-state index is -0.714. The van der Waals surface area contributed by atoms with E-state index in [0.29, 0.717) is 12.1 Å². The van der Waals surface area contributed by atoms with E-state index in [4.69, 9.17) is 0 Å². The molecule has 2 saturated carbocycles. The third kappa shape index (κ3) is 3.54. The first-order chi connectivity index (χ1) is 12.5. The van der Waals surface area contributed by atoms with E-state index in [1.807, 2.05) is 6.20 Å². The van der Waals surface area contributed by atoms with Crippen LogP contribution in [0.15, 0.2) is 24.4 Å². The fraction of sp³-hybridized carbons (Fsp3) is 0.524. The predicted octanol–water partition coefficient (Wildman–Crippen LogP) is 3.59. The number of pyridine rings is 1. The normalized spacial score (nSPS) is 22.4. The SMILES string of the molecule is Cc1cnc2c(C)cccc2c1NC1CC(N(CC(=O)O)CC2CC2)C1. The van der Waals surface area contributed by atoms with Crippen LogP contribution in [-0.2, 0) is 4.79 Å². The van der Waals surface area contributed by atoms with Crippen molar-refractivity contribution in [3.05, 3.63) is 35.5 Å². The molecule has 0 radical (unpaired) electrons. The lowest BCUT2D eigenvalue weighted by Gasteiger charge is -2.43. The lowest BCUT2D eigenvalue weighted by atomic mass is 9.84. The first kappa shape index (κ1) is 17.3. The second-order valence-electron chi connectivity index (χ2n) is 8.02. The molecule has 2 aliphatic rings. The first-order valence-electron chi connectivity index (χ1n) is 9.58. The van der Waals surface area contributed by atoms with Gasteiger partial charge < -0.3 is 10.4 Å². The Bertz CT molecular complexity index is 825. The average Bonchev–Trinajstić information content (AvgIpc) is 3.35. The lowest BCUT2D eigenvalue weighted by molar-refractivity contribution is -0.139. The summed E-state index contributed by atoms with van der Waals surface area (Å²) < 4.78 is 0. The van der Waals surface area contributed by atoms with Crippen molar-refractivity contribution >= 4 is 22.6 Å². The highest BCUT2D eigenvalue weighted by molar-refractivity contribution is 5.94. The Balaban J connectivity index is 1.45. The number of benzene rings is 1. The number of aliphatic carboxylic acids is 1. The zero-order valence-corrected chi connectivity index (χ0v) is 15.5. The van der Waals surface area contributed by atoms with Crippen molar-refractivity contribution in [2.75, 3.05) is 18.4 Å². The molecule has 26 heavy (non-hydrogen) atoms. The molecule has 0 bridgehead atoms.